The van der Waals surface area contributed by atoms with E-state index < -0.39 is 0 Å². The van der Waals surface area contributed by atoms with Gasteiger partial charge in [0.25, 0.3) is 0 Å². The second-order valence-electron chi connectivity index (χ2n) is 5.79. The van der Waals surface area contributed by atoms with E-state index >= 15 is 0 Å². The summed E-state index contributed by atoms with van der Waals surface area (Å²) >= 11 is 0. The molecule has 3 N–H and O–H groups in total. The lowest BCUT2D eigenvalue weighted by molar-refractivity contribution is 0.331. The molecule has 1 saturated heterocycles. The topological polar surface area (TPSA) is 54.2 Å². The number of nitrogens with two attached hydrogens (primary N) is 1. The van der Waals surface area contributed by atoms with Crippen LogP contribution in [0.4, 0.5) is 5.82 Å². The molecule has 1 aromatic rings. The molecule has 20 heavy (non-hydrogen) atoms. The molecule has 0 atom stereocenters. The van der Waals surface area contributed by atoms with Crippen LogP contribution in [-0.2, 0) is 6.54 Å². The first kappa shape index (κ1) is 15.3. The van der Waals surface area contributed by atoms with Crippen LogP contribution < -0.4 is 11.1 Å². The van der Waals surface area contributed by atoms with E-state index in [9.17, 15) is 0 Å². The molecule has 1 aliphatic rings. The van der Waals surface area contributed by atoms with Crippen molar-refractivity contribution in [1.29, 1.82) is 0 Å². The predicted molar refractivity (Wildman–Crippen MR) is 85.0 cm³/mol. The van der Waals surface area contributed by atoms with E-state index in [-0.39, 0.29) is 0 Å². The van der Waals surface area contributed by atoms with Crippen molar-refractivity contribution in [3.63, 3.8) is 0 Å². The molecule has 0 radical (unpaired) electrons. The number of likely N-dealkylation sites (tertiary alicyclic amines) is 1. The van der Waals surface area contributed by atoms with Gasteiger partial charge in [-0.3, -0.25) is 0 Å². The maximum atomic E-state index is 5.83. The summed E-state index contributed by atoms with van der Waals surface area (Å²) < 4.78 is 0. The Morgan fingerprint density at radius 1 is 1.25 bits per heavy atom. The van der Waals surface area contributed by atoms with Gasteiger partial charge in [0.2, 0.25) is 0 Å². The van der Waals surface area contributed by atoms with E-state index in [2.05, 4.69) is 28.2 Å². The number of nitrogens with zero attached hydrogens (tertiary/aromatic N) is 2. The van der Waals surface area contributed by atoms with E-state index in [0.29, 0.717) is 6.54 Å². The highest BCUT2D eigenvalue weighted by atomic mass is 15.1. The Morgan fingerprint density at radius 2 is 2.00 bits per heavy atom. The molecule has 2 rings (SSSR count). The van der Waals surface area contributed by atoms with Gasteiger partial charge in [0.15, 0.2) is 0 Å². The van der Waals surface area contributed by atoms with Crippen molar-refractivity contribution in [1.82, 2.24) is 9.88 Å². The first-order valence-corrected chi connectivity index (χ1v) is 7.84. The summed E-state index contributed by atoms with van der Waals surface area (Å²) in [6, 6.07) is 2.10. The van der Waals surface area contributed by atoms with Crippen molar-refractivity contribution in [3.8, 4) is 0 Å². The first-order valence-electron chi connectivity index (χ1n) is 7.84. The number of unbranched alkanes of at least 4 members (excludes halogenated alkanes) is 1. The van der Waals surface area contributed by atoms with Gasteiger partial charge in [0.1, 0.15) is 5.82 Å². The third-order valence-corrected chi connectivity index (χ3v) is 4.07. The highest BCUT2D eigenvalue weighted by Crippen LogP contribution is 2.18. The lowest BCUT2D eigenvalue weighted by Gasteiger charge is -2.15. The number of rotatable bonds is 7. The van der Waals surface area contributed by atoms with Crippen LogP contribution in [0.3, 0.4) is 0 Å². The summed E-state index contributed by atoms with van der Waals surface area (Å²) in [5.74, 6) is 0.978. The number of aryl methyl sites for hydroxylation is 2. The monoisotopic (exact) mass is 276 g/mol. The van der Waals surface area contributed by atoms with Crippen molar-refractivity contribution < 1.29 is 0 Å². The summed E-state index contributed by atoms with van der Waals surface area (Å²) in [6.45, 7) is 9.51. The Kier molecular flexibility index (Phi) is 5.80. The highest BCUT2D eigenvalue weighted by molar-refractivity contribution is 5.49. The van der Waals surface area contributed by atoms with E-state index in [1.54, 1.807) is 0 Å². The minimum absolute atomic E-state index is 0.551. The van der Waals surface area contributed by atoms with Gasteiger partial charge in [-0.25, -0.2) is 4.98 Å². The van der Waals surface area contributed by atoms with E-state index in [1.807, 2.05) is 6.92 Å². The lowest BCUT2D eigenvalue weighted by atomic mass is 10.1. The quantitative estimate of drug-likeness (QED) is 0.751. The highest BCUT2D eigenvalue weighted by Gasteiger charge is 2.10. The molecule has 4 nitrogen and oxygen atoms in total. The van der Waals surface area contributed by atoms with Gasteiger partial charge < -0.3 is 16.0 Å². The van der Waals surface area contributed by atoms with E-state index in [0.717, 1.165) is 23.6 Å². The average molecular weight is 276 g/mol. The number of aromatic nitrogens is 1. The fourth-order valence-corrected chi connectivity index (χ4v) is 2.94. The molecule has 0 amide bonds. The summed E-state index contributed by atoms with van der Waals surface area (Å²) in [7, 11) is 0. The number of hydrogen-bond acceptors (Lipinski definition) is 4. The van der Waals surface area contributed by atoms with Crippen molar-refractivity contribution >= 4 is 5.82 Å². The van der Waals surface area contributed by atoms with Crippen molar-refractivity contribution in [2.75, 3.05) is 31.5 Å². The number of anilines is 1. The Balaban J connectivity index is 1.75. The smallest absolute Gasteiger partial charge is 0.131 e. The molecule has 1 fully saturated rings. The summed E-state index contributed by atoms with van der Waals surface area (Å²) in [4.78, 5) is 7.15. The van der Waals surface area contributed by atoms with E-state index in [1.165, 1.54) is 50.9 Å². The summed E-state index contributed by atoms with van der Waals surface area (Å²) in [5, 5.41) is 3.46. The Bertz CT molecular complexity index is 425. The second kappa shape index (κ2) is 7.60. The van der Waals surface area contributed by atoms with Gasteiger partial charge in [0, 0.05) is 24.3 Å². The molecule has 4 heteroatoms. The van der Waals surface area contributed by atoms with Gasteiger partial charge in [-0.2, -0.15) is 0 Å². The fourth-order valence-electron chi connectivity index (χ4n) is 2.94. The lowest BCUT2D eigenvalue weighted by Crippen LogP contribution is -2.21. The van der Waals surface area contributed by atoms with Crippen LogP contribution >= 0.6 is 0 Å². The minimum Gasteiger partial charge on any atom is -0.370 e. The normalized spacial score (nSPS) is 15.8. The van der Waals surface area contributed by atoms with Crippen LogP contribution in [-0.4, -0.2) is 36.1 Å². The Morgan fingerprint density at radius 3 is 2.70 bits per heavy atom. The van der Waals surface area contributed by atoms with Gasteiger partial charge in [-0.1, -0.05) is 0 Å². The van der Waals surface area contributed by atoms with Gasteiger partial charge in [0.05, 0.1) is 0 Å². The van der Waals surface area contributed by atoms with Crippen molar-refractivity contribution in [2.45, 2.75) is 46.1 Å². The zero-order valence-corrected chi connectivity index (χ0v) is 12.9. The van der Waals surface area contributed by atoms with Gasteiger partial charge in [-0.05, 0) is 70.8 Å². The zero-order chi connectivity index (χ0) is 14.4. The van der Waals surface area contributed by atoms with Crippen LogP contribution in [0.15, 0.2) is 6.07 Å². The molecule has 0 aromatic carbocycles. The molecular formula is C16H28N4. The van der Waals surface area contributed by atoms with Crippen molar-refractivity contribution in [3.05, 3.63) is 22.9 Å². The third kappa shape index (κ3) is 4.18. The van der Waals surface area contributed by atoms with Gasteiger partial charge >= 0.3 is 0 Å². The second-order valence-corrected chi connectivity index (χ2v) is 5.79. The molecule has 1 aliphatic heterocycles. The van der Waals surface area contributed by atoms with Crippen molar-refractivity contribution in [2.24, 2.45) is 5.73 Å². The van der Waals surface area contributed by atoms with Crippen LogP contribution in [0.1, 0.15) is 42.5 Å². The molecule has 0 aliphatic carbocycles. The van der Waals surface area contributed by atoms with Crippen LogP contribution in [0.2, 0.25) is 0 Å². The number of pyridine rings is 1. The molecule has 0 spiro atoms. The average Bonchev–Trinajstić information content (AvgIpc) is 2.91. The van der Waals surface area contributed by atoms with Crippen LogP contribution in [0.25, 0.3) is 0 Å². The minimum atomic E-state index is 0.551. The standard InChI is InChI=1S/C16H28N4/c1-13-11-14(2)19-16(15(13)12-17)18-7-3-4-8-20-9-5-6-10-20/h11H,3-10,12,17H2,1-2H3,(H,18,19). The van der Waals surface area contributed by atoms with Gasteiger partial charge in [-0.15, -0.1) is 0 Å². The maximum absolute atomic E-state index is 5.83. The van der Waals surface area contributed by atoms with E-state index in [4.69, 9.17) is 5.73 Å². The SMILES string of the molecule is Cc1cc(C)c(CN)c(NCCCCN2CCCC2)n1. The number of nitrogens with one attached hydrogen (secondary N) is 1. The Labute approximate surface area is 122 Å². The largest absolute Gasteiger partial charge is 0.370 e. The third-order valence-electron chi connectivity index (χ3n) is 4.07. The number of hydrogen-bond donors (Lipinski definition) is 2. The predicted octanol–water partition coefficient (Wildman–Crippen LogP) is 2.45. The fraction of sp³-hybridized carbons (Fsp3) is 0.688. The summed E-state index contributed by atoms with van der Waals surface area (Å²) in [5.41, 5.74) is 9.27. The molecule has 0 saturated carbocycles. The molecule has 2 heterocycles. The molecule has 0 bridgehead atoms. The summed E-state index contributed by atoms with van der Waals surface area (Å²) in [6.07, 6.45) is 5.21. The molecule has 1 aromatic heterocycles. The first-order chi connectivity index (χ1) is 9.70. The van der Waals surface area contributed by atoms with Crippen LogP contribution in [0.5, 0.6) is 0 Å². The zero-order valence-electron chi connectivity index (χ0n) is 12.9. The Hall–Kier alpha value is -1.13. The molecular weight excluding hydrogens is 248 g/mol. The maximum Gasteiger partial charge on any atom is 0.131 e. The van der Waals surface area contributed by atoms with Crippen LogP contribution in [0, 0.1) is 13.8 Å². The molecule has 0 unspecified atom stereocenters. The molecule has 112 valence electrons.